The van der Waals surface area contributed by atoms with Crippen molar-refractivity contribution < 1.29 is 9.90 Å². The fourth-order valence-corrected chi connectivity index (χ4v) is 3.09. The standard InChI is InChI=1S/C12H7I3O2/c13-12(14,15)9-6-5-7-3-1-2-4-8(7)10(9)11(16)17/h1-6H,(H,16,17). The second-order valence-electron chi connectivity index (χ2n) is 3.51. The molecular formula is C12H7I3O2. The Balaban J connectivity index is 2.87. The molecule has 0 heterocycles. The molecule has 0 amide bonds. The Morgan fingerprint density at radius 3 is 2.29 bits per heavy atom. The Bertz CT molecular complexity index is 588. The fraction of sp³-hybridized carbons (Fsp3) is 0.0833. The number of carboxylic acids is 1. The Morgan fingerprint density at radius 2 is 1.71 bits per heavy atom. The Kier molecular flexibility index (Phi) is 4.18. The van der Waals surface area contributed by atoms with Gasteiger partial charge in [-0.3, -0.25) is 0 Å². The second-order valence-corrected chi connectivity index (χ2v) is 14.6. The van der Waals surface area contributed by atoms with Gasteiger partial charge in [0, 0.05) is 5.56 Å². The van der Waals surface area contributed by atoms with Crippen LogP contribution in [0.5, 0.6) is 0 Å². The van der Waals surface area contributed by atoms with Crippen LogP contribution in [-0.4, -0.2) is 11.1 Å². The van der Waals surface area contributed by atoms with Gasteiger partial charge in [-0.1, -0.05) is 36.4 Å². The lowest BCUT2D eigenvalue weighted by Gasteiger charge is -2.17. The van der Waals surface area contributed by atoms with Crippen LogP contribution in [0.4, 0.5) is 0 Å². The summed E-state index contributed by atoms with van der Waals surface area (Å²) in [6.45, 7) is 0. The molecule has 17 heavy (non-hydrogen) atoms. The molecule has 2 nitrogen and oxygen atoms in total. The van der Waals surface area contributed by atoms with Crippen molar-refractivity contribution in [3.05, 3.63) is 47.5 Å². The number of alkyl halides is 3. The van der Waals surface area contributed by atoms with Crippen LogP contribution in [-0.2, 0) is -0.565 Å². The summed E-state index contributed by atoms with van der Waals surface area (Å²) >= 11 is 6.73. The average Bonchev–Trinajstić information content (AvgIpc) is 2.26. The lowest BCUT2D eigenvalue weighted by atomic mass is 10.00. The summed E-state index contributed by atoms with van der Waals surface area (Å²) in [5, 5.41) is 11.2. The van der Waals surface area contributed by atoms with Crippen LogP contribution >= 0.6 is 67.8 Å². The zero-order chi connectivity index (χ0) is 12.6. The van der Waals surface area contributed by atoms with Crippen molar-refractivity contribution in [2.75, 3.05) is 0 Å². The molecule has 0 radical (unpaired) electrons. The van der Waals surface area contributed by atoms with Gasteiger partial charge in [0.1, 0.15) is -0.565 Å². The molecule has 0 saturated carbocycles. The molecule has 2 aromatic carbocycles. The molecule has 2 aromatic rings. The third-order valence-corrected chi connectivity index (χ3v) is 4.19. The van der Waals surface area contributed by atoms with E-state index in [2.05, 4.69) is 67.8 Å². The van der Waals surface area contributed by atoms with Gasteiger partial charge in [0.25, 0.3) is 0 Å². The van der Waals surface area contributed by atoms with Crippen molar-refractivity contribution in [1.29, 1.82) is 0 Å². The molecule has 2 rings (SSSR count). The van der Waals surface area contributed by atoms with Crippen LogP contribution in [0.1, 0.15) is 15.9 Å². The highest BCUT2D eigenvalue weighted by atomic mass is 127. The van der Waals surface area contributed by atoms with Gasteiger partial charge >= 0.3 is 5.97 Å². The number of hydrogen-bond donors (Lipinski definition) is 1. The highest BCUT2D eigenvalue weighted by Gasteiger charge is 2.27. The first kappa shape index (κ1) is 13.8. The second kappa shape index (κ2) is 5.16. The monoisotopic (exact) mass is 564 g/mol. The van der Waals surface area contributed by atoms with Crippen molar-refractivity contribution >= 4 is 84.5 Å². The van der Waals surface area contributed by atoms with E-state index >= 15 is 0 Å². The smallest absolute Gasteiger partial charge is 0.336 e. The van der Waals surface area contributed by atoms with Crippen molar-refractivity contribution in [3.63, 3.8) is 0 Å². The van der Waals surface area contributed by atoms with Gasteiger partial charge in [-0.25, -0.2) is 4.79 Å². The van der Waals surface area contributed by atoms with Gasteiger partial charge < -0.3 is 5.11 Å². The summed E-state index contributed by atoms with van der Waals surface area (Å²) in [5.41, 5.74) is 1.24. The van der Waals surface area contributed by atoms with Crippen LogP contribution in [0.2, 0.25) is 0 Å². The molecule has 0 saturated heterocycles. The molecule has 0 fully saturated rings. The van der Waals surface area contributed by atoms with Gasteiger partial charge in [0.05, 0.1) is 5.56 Å². The molecule has 0 spiro atoms. The SMILES string of the molecule is O=C(O)c1c(C(I)(I)I)ccc2ccccc12. The zero-order valence-electron chi connectivity index (χ0n) is 8.45. The first-order chi connectivity index (χ1) is 7.91. The molecule has 5 heteroatoms. The normalized spacial score (nSPS) is 11.7. The largest absolute Gasteiger partial charge is 0.478 e. The summed E-state index contributed by atoms with van der Waals surface area (Å²) in [6, 6.07) is 11.4. The van der Waals surface area contributed by atoms with Gasteiger partial charge in [-0.05, 0) is 78.5 Å². The Hall–Kier alpha value is 0.360. The molecule has 0 unspecified atom stereocenters. The molecule has 0 bridgehead atoms. The average molecular weight is 564 g/mol. The molecule has 1 N–H and O–H groups in total. The van der Waals surface area contributed by atoms with Crippen LogP contribution in [0, 0.1) is 0 Å². The van der Waals surface area contributed by atoms with E-state index in [-0.39, 0.29) is -0.565 Å². The minimum Gasteiger partial charge on any atom is -0.478 e. The summed E-state index contributed by atoms with van der Waals surface area (Å²) in [5.74, 6) is -0.869. The Labute approximate surface area is 140 Å². The maximum Gasteiger partial charge on any atom is 0.336 e. The minimum absolute atomic E-state index is 0.259. The lowest BCUT2D eigenvalue weighted by Crippen LogP contribution is -2.09. The van der Waals surface area contributed by atoms with Gasteiger partial charge in [0.2, 0.25) is 0 Å². The van der Waals surface area contributed by atoms with Crippen molar-refractivity contribution in [2.45, 2.75) is -0.565 Å². The molecule has 0 aliphatic heterocycles. The van der Waals surface area contributed by atoms with E-state index in [1.54, 1.807) is 0 Å². The van der Waals surface area contributed by atoms with E-state index in [9.17, 15) is 9.90 Å². The number of fused-ring (bicyclic) bond motifs is 1. The van der Waals surface area contributed by atoms with Gasteiger partial charge in [0.15, 0.2) is 0 Å². The van der Waals surface area contributed by atoms with E-state index < -0.39 is 5.97 Å². The third-order valence-electron chi connectivity index (χ3n) is 2.45. The first-order valence-corrected chi connectivity index (χ1v) is 7.97. The fourth-order valence-electron chi connectivity index (χ4n) is 1.74. The lowest BCUT2D eigenvalue weighted by molar-refractivity contribution is 0.0698. The number of carboxylic acid groups (broad SMARTS) is 1. The number of rotatable bonds is 2. The van der Waals surface area contributed by atoms with Crippen LogP contribution in [0.25, 0.3) is 10.8 Å². The molecule has 0 aliphatic carbocycles. The minimum atomic E-state index is -0.869. The molecular weight excluding hydrogens is 557 g/mol. The first-order valence-electron chi connectivity index (χ1n) is 4.73. The molecule has 0 atom stereocenters. The summed E-state index contributed by atoms with van der Waals surface area (Å²) in [4.78, 5) is 11.5. The van der Waals surface area contributed by atoms with Crippen LogP contribution in [0.3, 0.4) is 0 Å². The van der Waals surface area contributed by atoms with Gasteiger partial charge in [-0.15, -0.1) is 0 Å². The third kappa shape index (κ3) is 2.86. The predicted molar refractivity (Wildman–Crippen MR) is 94.6 cm³/mol. The van der Waals surface area contributed by atoms with Crippen molar-refractivity contribution in [3.8, 4) is 0 Å². The number of aromatic carboxylic acids is 1. The van der Waals surface area contributed by atoms with E-state index in [0.717, 1.165) is 16.3 Å². The van der Waals surface area contributed by atoms with Gasteiger partial charge in [-0.2, -0.15) is 0 Å². The summed E-state index contributed by atoms with van der Waals surface area (Å²) in [7, 11) is 0. The molecule has 0 aromatic heterocycles. The summed E-state index contributed by atoms with van der Waals surface area (Å²) in [6.07, 6.45) is 0. The van der Waals surface area contributed by atoms with E-state index in [1.807, 2.05) is 36.4 Å². The number of halogens is 3. The molecule has 0 aliphatic rings. The highest BCUT2D eigenvalue weighted by molar-refractivity contribution is 14.3. The van der Waals surface area contributed by atoms with E-state index in [1.165, 1.54) is 0 Å². The van der Waals surface area contributed by atoms with Crippen molar-refractivity contribution in [1.82, 2.24) is 0 Å². The Morgan fingerprint density at radius 1 is 1.06 bits per heavy atom. The molecule has 88 valence electrons. The van der Waals surface area contributed by atoms with Crippen LogP contribution in [0.15, 0.2) is 36.4 Å². The zero-order valence-corrected chi connectivity index (χ0v) is 14.9. The highest BCUT2D eigenvalue weighted by Crippen LogP contribution is 2.48. The number of carbonyl (C=O) groups is 1. The van der Waals surface area contributed by atoms with E-state index in [4.69, 9.17) is 0 Å². The number of hydrogen-bond acceptors (Lipinski definition) is 1. The summed E-state index contributed by atoms with van der Waals surface area (Å²) < 4.78 is -0.259. The van der Waals surface area contributed by atoms with Crippen LogP contribution < -0.4 is 0 Å². The topological polar surface area (TPSA) is 37.3 Å². The maximum absolute atomic E-state index is 11.5. The maximum atomic E-state index is 11.5. The quantitative estimate of drug-likeness (QED) is 0.415. The van der Waals surface area contributed by atoms with E-state index in [0.29, 0.717) is 5.56 Å². The van der Waals surface area contributed by atoms with Crippen molar-refractivity contribution in [2.24, 2.45) is 0 Å². The predicted octanol–water partition coefficient (Wildman–Crippen LogP) is 4.95. The number of benzene rings is 2.